The van der Waals surface area contributed by atoms with Crippen LogP contribution in [0.2, 0.25) is 0 Å². The van der Waals surface area contributed by atoms with Gasteiger partial charge in [-0.1, -0.05) is 35.7 Å². The number of hydrogen-bond donors (Lipinski definition) is 1. The molecule has 7 nitrogen and oxygen atoms in total. The lowest BCUT2D eigenvalue weighted by molar-refractivity contribution is -0.384. The third-order valence-electron chi connectivity index (χ3n) is 3.59. The zero-order valence-corrected chi connectivity index (χ0v) is 14.4. The van der Waals surface area contributed by atoms with Crippen LogP contribution in [0.5, 0.6) is 0 Å². The van der Waals surface area contributed by atoms with Crippen LogP contribution in [-0.2, 0) is 16.6 Å². The van der Waals surface area contributed by atoms with Gasteiger partial charge in [0.1, 0.15) is 5.69 Å². The molecule has 130 valence electrons. The molecule has 2 rings (SSSR count). The van der Waals surface area contributed by atoms with Gasteiger partial charge in [-0.05, 0) is 24.6 Å². The molecule has 0 bridgehead atoms. The number of rotatable bonds is 6. The van der Waals surface area contributed by atoms with Crippen LogP contribution in [0.1, 0.15) is 11.1 Å². The number of nitrogens with two attached hydrogens (primary N) is 1. The van der Waals surface area contributed by atoms with Crippen LogP contribution in [0.25, 0.3) is 0 Å². The lowest BCUT2D eigenvalue weighted by Crippen LogP contribution is -2.24. The standard InChI is InChI=1S/C17H17N3O4S/c1-3-10-19(12-14-6-4-13(2)5-7-14)16-9-8-15(25(18,23)24)11-17(16)20(21)22/h1,4-9,11H,10,12H2,2H3,(H2,18,23,24). The molecule has 2 aromatic rings. The van der Waals surface area contributed by atoms with Gasteiger partial charge in [-0.3, -0.25) is 10.1 Å². The van der Waals surface area contributed by atoms with Crippen molar-refractivity contribution in [1.82, 2.24) is 0 Å². The molecular formula is C17H17N3O4S. The molecule has 0 radical (unpaired) electrons. The van der Waals surface area contributed by atoms with Gasteiger partial charge in [-0.25, -0.2) is 13.6 Å². The lowest BCUT2D eigenvalue weighted by atomic mass is 10.1. The molecule has 2 aromatic carbocycles. The minimum absolute atomic E-state index is 0.128. The van der Waals surface area contributed by atoms with Crippen LogP contribution in [-0.4, -0.2) is 19.9 Å². The third kappa shape index (κ3) is 4.56. The van der Waals surface area contributed by atoms with Crippen LogP contribution < -0.4 is 10.0 Å². The fourth-order valence-corrected chi connectivity index (χ4v) is 2.88. The van der Waals surface area contributed by atoms with E-state index in [1.54, 1.807) is 4.90 Å². The molecule has 0 heterocycles. The number of primary sulfonamides is 1. The molecule has 0 unspecified atom stereocenters. The summed E-state index contributed by atoms with van der Waals surface area (Å²) < 4.78 is 22.9. The number of nitro benzene ring substituents is 1. The van der Waals surface area contributed by atoms with Crippen molar-refractivity contribution in [3.05, 3.63) is 63.7 Å². The summed E-state index contributed by atoms with van der Waals surface area (Å²) in [4.78, 5) is 12.1. The van der Waals surface area contributed by atoms with Gasteiger partial charge in [-0.2, -0.15) is 0 Å². The Kier molecular flexibility index (Phi) is 5.41. The first kappa shape index (κ1) is 18.4. The van der Waals surface area contributed by atoms with Crippen LogP contribution in [0, 0.1) is 29.4 Å². The minimum atomic E-state index is -4.04. The first-order valence-corrected chi connectivity index (χ1v) is 8.82. The second-order valence-electron chi connectivity index (χ2n) is 5.50. The van der Waals surface area contributed by atoms with Gasteiger partial charge >= 0.3 is 0 Å². The van der Waals surface area contributed by atoms with Crippen LogP contribution in [0.15, 0.2) is 47.4 Å². The highest BCUT2D eigenvalue weighted by atomic mass is 32.2. The Hall–Kier alpha value is -2.89. The second-order valence-corrected chi connectivity index (χ2v) is 7.06. The molecule has 8 heteroatoms. The summed E-state index contributed by atoms with van der Waals surface area (Å²) in [6.07, 6.45) is 5.39. The maximum absolute atomic E-state index is 11.4. The zero-order valence-electron chi connectivity index (χ0n) is 13.5. The number of aryl methyl sites for hydroxylation is 1. The summed E-state index contributed by atoms with van der Waals surface area (Å²) in [6, 6.07) is 11.2. The lowest BCUT2D eigenvalue weighted by Gasteiger charge is -2.22. The van der Waals surface area contributed by atoms with E-state index in [0.717, 1.165) is 17.2 Å². The Bertz CT molecular complexity index is 931. The first-order chi connectivity index (χ1) is 11.7. The fourth-order valence-electron chi connectivity index (χ4n) is 2.34. The summed E-state index contributed by atoms with van der Waals surface area (Å²) in [5.41, 5.74) is 1.88. The van der Waals surface area contributed by atoms with Crippen LogP contribution >= 0.6 is 0 Å². The fraction of sp³-hybridized carbons (Fsp3) is 0.176. The van der Waals surface area contributed by atoms with Crippen molar-refractivity contribution in [3.8, 4) is 12.3 Å². The van der Waals surface area contributed by atoms with Crippen molar-refractivity contribution in [2.75, 3.05) is 11.4 Å². The Morgan fingerprint density at radius 1 is 1.24 bits per heavy atom. The third-order valence-corrected chi connectivity index (χ3v) is 4.50. The molecular weight excluding hydrogens is 342 g/mol. The second kappa shape index (κ2) is 7.34. The Morgan fingerprint density at radius 2 is 1.88 bits per heavy atom. The van der Waals surface area contributed by atoms with Gasteiger partial charge in [0, 0.05) is 12.6 Å². The molecule has 0 fully saturated rings. The normalized spacial score (nSPS) is 10.9. The molecule has 25 heavy (non-hydrogen) atoms. The largest absolute Gasteiger partial charge is 0.351 e. The molecule has 0 saturated carbocycles. The molecule has 0 aliphatic rings. The Balaban J connectivity index is 2.48. The molecule has 2 N–H and O–H groups in total. The maximum Gasteiger partial charge on any atom is 0.293 e. The van der Waals surface area contributed by atoms with E-state index < -0.39 is 14.9 Å². The highest BCUT2D eigenvalue weighted by Gasteiger charge is 2.22. The van der Waals surface area contributed by atoms with Crippen LogP contribution in [0.3, 0.4) is 0 Å². The van der Waals surface area contributed by atoms with E-state index in [2.05, 4.69) is 5.92 Å². The number of sulfonamides is 1. The quantitative estimate of drug-likeness (QED) is 0.483. The molecule has 0 atom stereocenters. The van der Waals surface area contributed by atoms with Crippen molar-refractivity contribution >= 4 is 21.4 Å². The summed E-state index contributed by atoms with van der Waals surface area (Å²) in [6.45, 7) is 2.43. The SMILES string of the molecule is C#CCN(Cc1ccc(C)cc1)c1ccc(S(N)(=O)=O)cc1[N+](=O)[O-]. The van der Waals surface area contributed by atoms with Crippen LogP contribution in [0.4, 0.5) is 11.4 Å². The number of benzene rings is 2. The van der Waals surface area contributed by atoms with Gasteiger partial charge < -0.3 is 4.90 Å². The predicted octanol–water partition coefficient (Wildman–Crippen LogP) is 2.19. The van der Waals surface area contributed by atoms with E-state index in [1.807, 2.05) is 31.2 Å². The van der Waals surface area contributed by atoms with Gasteiger partial charge in [0.2, 0.25) is 10.0 Å². The minimum Gasteiger partial charge on any atom is -0.351 e. The Labute approximate surface area is 146 Å². The first-order valence-electron chi connectivity index (χ1n) is 7.27. The average molecular weight is 359 g/mol. The molecule has 0 spiro atoms. The summed E-state index contributed by atoms with van der Waals surface area (Å²) >= 11 is 0. The van der Waals surface area contributed by atoms with Crippen molar-refractivity contribution in [1.29, 1.82) is 0 Å². The number of anilines is 1. The van der Waals surface area contributed by atoms with Crippen molar-refractivity contribution in [3.63, 3.8) is 0 Å². The van der Waals surface area contributed by atoms with Crippen molar-refractivity contribution in [2.24, 2.45) is 5.14 Å². The van der Waals surface area contributed by atoms with E-state index in [-0.39, 0.29) is 22.8 Å². The number of nitro groups is 1. The molecule has 0 aromatic heterocycles. The van der Waals surface area contributed by atoms with E-state index in [1.165, 1.54) is 12.1 Å². The van der Waals surface area contributed by atoms with Gasteiger partial charge in [0.25, 0.3) is 5.69 Å². The van der Waals surface area contributed by atoms with Gasteiger partial charge in [0.05, 0.1) is 16.4 Å². The van der Waals surface area contributed by atoms with Gasteiger partial charge in [-0.15, -0.1) is 6.42 Å². The average Bonchev–Trinajstić information content (AvgIpc) is 2.55. The van der Waals surface area contributed by atoms with E-state index in [0.29, 0.717) is 6.54 Å². The Morgan fingerprint density at radius 3 is 2.40 bits per heavy atom. The van der Waals surface area contributed by atoms with Gasteiger partial charge in [0.15, 0.2) is 0 Å². The molecule has 0 saturated heterocycles. The molecule has 0 amide bonds. The topological polar surface area (TPSA) is 107 Å². The highest BCUT2D eigenvalue weighted by Crippen LogP contribution is 2.31. The van der Waals surface area contributed by atoms with E-state index >= 15 is 0 Å². The summed E-state index contributed by atoms with van der Waals surface area (Å²) in [7, 11) is -4.04. The van der Waals surface area contributed by atoms with E-state index in [4.69, 9.17) is 11.6 Å². The summed E-state index contributed by atoms with van der Waals surface area (Å²) in [5.74, 6) is 2.47. The zero-order chi connectivity index (χ0) is 18.6. The summed E-state index contributed by atoms with van der Waals surface area (Å²) in [5, 5.41) is 16.5. The highest BCUT2D eigenvalue weighted by molar-refractivity contribution is 7.89. The maximum atomic E-state index is 11.4. The van der Waals surface area contributed by atoms with E-state index in [9.17, 15) is 18.5 Å². The molecule has 0 aliphatic heterocycles. The monoisotopic (exact) mass is 359 g/mol. The van der Waals surface area contributed by atoms with Crippen molar-refractivity contribution < 1.29 is 13.3 Å². The number of nitrogens with zero attached hydrogens (tertiary/aromatic N) is 2. The number of hydrogen-bond acceptors (Lipinski definition) is 5. The van der Waals surface area contributed by atoms with Crippen molar-refractivity contribution in [2.45, 2.75) is 18.4 Å². The number of terminal acetylenes is 1. The molecule has 0 aliphatic carbocycles. The predicted molar refractivity (Wildman–Crippen MR) is 95.5 cm³/mol. The smallest absolute Gasteiger partial charge is 0.293 e.